The van der Waals surface area contributed by atoms with E-state index >= 15 is 0 Å². The average molecular weight is 595 g/mol. The Morgan fingerprint density at radius 1 is 0.943 bits per heavy atom. The summed E-state index contributed by atoms with van der Waals surface area (Å²) < 4.78 is 20.1. The monoisotopic (exact) mass is 595 g/mol. The van der Waals surface area contributed by atoms with Crippen LogP contribution in [0.5, 0.6) is 5.75 Å². The van der Waals surface area contributed by atoms with Gasteiger partial charge in [-0.25, -0.2) is 4.39 Å². The molecular formula is C28H19FINO3S. The molecule has 1 saturated heterocycles. The highest BCUT2D eigenvalue weighted by Gasteiger charge is 2.35. The lowest BCUT2D eigenvalue weighted by molar-refractivity contribution is -0.123. The van der Waals surface area contributed by atoms with Crippen LogP contribution >= 0.6 is 34.4 Å². The van der Waals surface area contributed by atoms with Crippen molar-refractivity contribution in [2.24, 2.45) is 0 Å². The maximum atomic E-state index is 13.4. The molecule has 4 aromatic carbocycles. The van der Waals surface area contributed by atoms with E-state index in [0.717, 1.165) is 42.8 Å². The van der Waals surface area contributed by atoms with Crippen LogP contribution in [0.1, 0.15) is 16.7 Å². The second-order valence-corrected chi connectivity index (χ2v) is 10.2. The van der Waals surface area contributed by atoms with Crippen LogP contribution < -0.4 is 4.74 Å². The minimum atomic E-state index is -0.300. The smallest absolute Gasteiger partial charge is 0.293 e. The third-order valence-corrected chi connectivity index (χ3v) is 7.37. The summed E-state index contributed by atoms with van der Waals surface area (Å²) in [5.41, 5.74) is 2.47. The van der Waals surface area contributed by atoms with Crippen molar-refractivity contribution in [3.05, 3.63) is 116 Å². The highest BCUT2D eigenvalue weighted by molar-refractivity contribution is 14.1. The number of carbonyl (C=O) groups is 2. The van der Waals surface area contributed by atoms with Gasteiger partial charge >= 0.3 is 0 Å². The molecule has 4 aromatic rings. The second kappa shape index (κ2) is 10.2. The molecule has 1 aliphatic heterocycles. The summed E-state index contributed by atoms with van der Waals surface area (Å²) in [6, 6.07) is 25.6. The van der Waals surface area contributed by atoms with E-state index in [4.69, 9.17) is 4.74 Å². The number of carbonyl (C=O) groups excluding carboxylic acids is 2. The van der Waals surface area contributed by atoms with Gasteiger partial charge in [-0.05, 0) is 92.2 Å². The zero-order valence-electron chi connectivity index (χ0n) is 18.4. The molecule has 0 bridgehead atoms. The number of thioether (sulfide) groups is 1. The number of benzene rings is 4. The first kappa shape index (κ1) is 23.6. The molecule has 35 heavy (non-hydrogen) atoms. The fraction of sp³-hybridized carbons (Fsp3) is 0.0714. The van der Waals surface area contributed by atoms with Gasteiger partial charge in [-0.15, -0.1) is 0 Å². The van der Waals surface area contributed by atoms with Crippen LogP contribution in [0.25, 0.3) is 16.8 Å². The Labute approximate surface area is 219 Å². The van der Waals surface area contributed by atoms with Crippen LogP contribution in [0.15, 0.2) is 89.8 Å². The number of hydrogen-bond acceptors (Lipinski definition) is 4. The van der Waals surface area contributed by atoms with Crippen LogP contribution in [0.4, 0.5) is 9.18 Å². The lowest BCUT2D eigenvalue weighted by Crippen LogP contribution is -2.27. The second-order valence-electron chi connectivity index (χ2n) is 8.01. The Morgan fingerprint density at radius 2 is 1.74 bits per heavy atom. The molecule has 5 rings (SSSR count). The summed E-state index contributed by atoms with van der Waals surface area (Å²) in [6.07, 6.45) is 1.73. The SMILES string of the molecule is O=C1S/C(=C/c2ccc(OCc3cccc(F)c3)c(I)c2)C(=O)N1Cc1cccc2ccccc12. The topological polar surface area (TPSA) is 46.6 Å². The molecule has 1 fully saturated rings. The Balaban J connectivity index is 1.31. The molecule has 1 heterocycles. The largest absolute Gasteiger partial charge is 0.488 e. The lowest BCUT2D eigenvalue weighted by atomic mass is 10.0. The molecule has 4 nitrogen and oxygen atoms in total. The molecule has 0 aliphatic carbocycles. The van der Waals surface area contributed by atoms with Crippen molar-refractivity contribution < 1.29 is 18.7 Å². The molecule has 7 heteroatoms. The number of nitrogens with zero attached hydrogens (tertiary/aromatic N) is 1. The number of halogens is 2. The van der Waals surface area contributed by atoms with E-state index in [-0.39, 0.29) is 30.1 Å². The third kappa shape index (κ3) is 5.26. The zero-order valence-corrected chi connectivity index (χ0v) is 21.4. The normalized spacial score (nSPS) is 14.8. The van der Waals surface area contributed by atoms with Gasteiger partial charge in [0.25, 0.3) is 11.1 Å². The molecule has 0 unspecified atom stereocenters. The molecule has 0 atom stereocenters. The van der Waals surface area contributed by atoms with Crippen molar-refractivity contribution >= 4 is 62.3 Å². The first-order chi connectivity index (χ1) is 17.0. The van der Waals surface area contributed by atoms with E-state index in [2.05, 4.69) is 22.6 Å². The number of ether oxygens (including phenoxy) is 1. The summed E-state index contributed by atoms with van der Waals surface area (Å²) in [5, 5.41) is 1.82. The standard InChI is InChI=1S/C28H19FINO3S/c29-22-9-3-5-19(13-22)17-34-25-12-11-18(14-24(25)30)15-26-27(32)31(28(33)35-26)16-21-8-4-7-20-6-1-2-10-23(20)21/h1-15H,16-17H2/b26-15+. The van der Waals surface area contributed by atoms with E-state index in [1.165, 1.54) is 17.0 Å². The van der Waals surface area contributed by atoms with Crippen LogP contribution in [0.3, 0.4) is 0 Å². The van der Waals surface area contributed by atoms with E-state index in [0.29, 0.717) is 10.7 Å². The molecule has 174 valence electrons. The zero-order chi connectivity index (χ0) is 24.4. The van der Waals surface area contributed by atoms with Crippen molar-refractivity contribution in [1.82, 2.24) is 4.90 Å². The Bertz CT molecular complexity index is 1480. The molecule has 0 spiro atoms. The van der Waals surface area contributed by atoms with E-state index in [9.17, 15) is 14.0 Å². The fourth-order valence-corrected chi connectivity index (χ4v) is 5.43. The minimum absolute atomic E-state index is 0.230. The summed E-state index contributed by atoms with van der Waals surface area (Å²) in [6.45, 7) is 0.480. The van der Waals surface area contributed by atoms with Crippen molar-refractivity contribution in [3.63, 3.8) is 0 Å². The Hall–Kier alpha value is -3.17. The fourth-order valence-electron chi connectivity index (χ4n) is 3.90. The number of fused-ring (bicyclic) bond motifs is 1. The summed E-state index contributed by atoms with van der Waals surface area (Å²) in [7, 11) is 0. The van der Waals surface area contributed by atoms with Gasteiger partial charge in [0.2, 0.25) is 0 Å². The molecule has 1 aliphatic rings. The number of imide groups is 1. The molecule has 0 N–H and O–H groups in total. The van der Waals surface area contributed by atoms with Gasteiger partial charge in [-0.2, -0.15) is 0 Å². The maximum absolute atomic E-state index is 13.4. The summed E-state index contributed by atoms with van der Waals surface area (Å²) in [5.74, 6) is 0.0657. The number of rotatable bonds is 6. The van der Waals surface area contributed by atoms with Gasteiger partial charge in [0.05, 0.1) is 15.0 Å². The first-order valence-electron chi connectivity index (χ1n) is 10.9. The average Bonchev–Trinajstić information content (AvgIpc) is 3.11. The Morgan fingerprint density at radius 3 is 2.57 bits per heavy atom. The van der Waals surface area contributed by atoms with Crippen molar-refractivity contribution in [2.45, 2.75) is 13.2 Å². The van der Waals surface area contributed by atoms with Crippen LogP contribution in [-0.2, 0) is 17.9 Å². The molecule has 0 radical (unpaired) electrons. The van der Waals surface area contributed by atoms with Crippen LogP contribution in [0, 0.1) is 9.39 Å². The van der Waals surface area contributed by atoms with E-state index in [1.807, 2.05) is 60.7 Å². The first-order valence-corrected chi connectivity index (χ1v) is 12.8. The summed E-state index contributed by atoms with van der Waals surface area (Å²) in [4.78, 5) is 27.4. The quantitative estimate of drug-likeness (QED) is 0.172. The Kier molecular flexibility index (Phi) is 6.88. The predicted molar refractivity (Wildman–Crippen MR) is 145 cm³/mol. The van der Waals surface area contributed by atoms with Crippen LogP contribution in [0.2, 0.25) is 0 Å². The molecule has 2 amide bonds. The lowest BCUT2D eigenvalue weighted by Gasteiger charge is -2.14. The van der Waals surface area contributed by atoms with Gasteiger partial charge < -0.3 is 4.74 Å². The van der Waals surface area contributed by atoms with Crippen molar-refractivity contribution in [1.29, 1.82) is 0 Å². The van der Waals surface area contributed by atoms with E-state index in [1.54, 1.807) is 18.2 Å². The highest BCUT2D eigenvalue weighted by atomic mass is 127. The van der Waals surface area contributed by atoms with E-state index < -0.39 is 0 Å². The maximum Gasteiger partial charge on any atom is 0.293 e. The third-order valence-electron chi connectivity index (χ3n) is 5.62. The summed E-state index contributed by atoms with van der Waals surface area (Å²) >= 11 is 3.11. The van der Waals surface area contributed by atoms with Gasteiger partial charge in [-0.1, -0.05) is 60.7 Å². The molecule has 0 saturated carbocycles. The van der Waals surface area contributed by atoms with Crippen LogP contribution in [-0.4, -0.2) is 16.0 Å². The number of amides is 2. The van der Waals surface area contributed by atoms with Gasteiger partial charge in [-0.3, -0.25) is 14.5 Å². The van der Waals surface area contributed by atoms with Crippen molar-refractivity contribution in [3.8, 4) is 5.75 Å². The van der Waals surface area contributed by atoms with Gasteiger partial charge in [0.15, 0.2) is 0 Å². The minimum Gasteiger partial charge on any atom is -0.488 e. The highest BCUT2D eigenvalue weighted by Crippen LogP contribution is 2.35. The number of hydrogen-bond donors (Lipinski definition) is 0. The molecular weight excluding hydrogens is 576 g/mol. The van der Waals surface area contributed by atoms with Crippen molar-refractivity contribution in [2.75, 3.05) is 0 Å². The van der Waals surface area contributed by atoms with Gasteiger partial charge in [0, 0.05) is 0 Å². The molecule has 0 aromatic heterocycles. The predicted octanol–water partition coefficient (Wildman–Crippen LogP) is 7.40. The van der Waals surface area contributed by atoms with Gasteiger partial charge in [0.1, 0.15) is 18.2 Å².